The van der Waals surface area contributed by atoms with Crippen LogP contribution in [-0.4, -0.2) is 17.0 Å². The Balaban J connectivity index is 2.51. The van der Waals surface area contributed by atoms with E-state index in [1.54, 1.807) is 0 Å². The van der Waals surface area contributed by atoms with E-state index in [4.69, 9.17) is 5.73 Å². The van der Waals surface area contributed by atoms with Crippen LogP contribution in [0.3, 0.4) is 0 Å². The highest BCUT2D eigenvalue weighted by Crippen LogP contribution is 2.24. The van der Waals surface area contributed by atoms with Crippen molar-refractivity contribution in [2.45, 2.75) is 33.7 Å². The fraction of sp³-hybridized carbons (Fsp3) is 0.643. The second-order valence-electron chi connectivity index (χ2n) is 6.03. The van der Waals surface area contributed by atoms with Crippen LogP contribution in [0.25, 0.3) is 0 Å². The summed E-state index contributed by atoms with van der Waals surface area (Å²) in [4.78, 5) is 12.1. The Labute approximate surface area is 110 Å². The van der Waals surface area contributed by atoms with E-state index in [1.807, 2.05) is 29.9 Å². The molecule has 1 aromatic heterocycles. The standard InChI is InChI=1S/C14H25N3O/c1-14(2,3)8-11(9-15)13(18)16-10-12-6-5-7-17(12)4/h5-7,11H,8-10,15H2,1-4H3,(H,16,18). The molecule has 102 valence electrons. The molecule has 0 saturated carbocycles. The van der Waals surface area contributed by atoms with Crippen LogP contribution in [0.4, 0.5) is 0 Å². The van der Waals surface area contributed by atoms with Crippen LogP contribution in [0.1, 0.15) is 32.9 Å². The Morgan fingerprint density at radius 3 is 2.61 bits per heavy atom. The second-order valence-corrected chi connectivity index (χ2v) is 6.03. The Morgan fingerprint density at radius 2 is 2.17 bits per heavy atom. The van der Waals surface area contributed by atoms with Crippen molar-refractivity contribution < 1.29 is 4.79 Å². The van der Waals surface area contributed by atoms with Crippen LogP contribution >= 0.6 is 0 Å². The van der Waals surface area contributed by atoms with Gasteiger partial charge in [0.25, 0.3) is 0 Å². The van der Waals surface area contributed by atoms with Gasteiger partial charge in [-0.25, -0.2) is 0 Å². The minimum Gasteiger partial charge on any atom is -0.353 e. The average molecular weight is 251 g/mol. The van der Waals surface area contributed by atoms with Crippen molar-refractivity contribution in [3.8, 4) is 0 Å². The Kier molecular flexibility index (Phi) is 4.96. The van der Waals surface area contributed by atoms with E-state index < -0.39 is 0 Å². The van der Waals surface area contributed by atoms with Crippen molar-refractivity contribution >= 4 is 5.91 Å². The predicted octanol–water partition coefficient (Wildman–Crippen LogP) is 1.65. The average Bonchev–Trinajstić information content (AvgIpc) is 2.67. The second kappa shape index (κ2) is 6.05. The molecule has 0 spiro atoms. The van der Waals surface area contributed by atoms with Crippen molar-refractivity contribution in [1.82, 2.24) is 9.88 Å². The van der Waals surface area contributed by atoms with Gasteiger partial charge in [0, 0.05) is 25.5 Å². The maximum absolute atomic E-state index is 12.1. The van der Waals surface area contributed by atoms with Crippen molar-refractivity contribution in [3.63, 3.8) is 0 Å². The van der Waals surface area contributed by atoms with Gasteiger partial charge in [0.05, 0.1) is 12.5 Å². The lowest BCUT2D eigenvalue weighted by molar-refractivity contribution is -0.125. The van der Waals surface area contributed by atoms with Gasteiger partial charge in [-0.1, -0.05) is 20.8 Å². The summed E-state index contributed by atoms with van der Waals surface area (Å²) in [5, 5.41) is 2.96. The zero-order valence-corrected chi connectivity index (χ0v) is 11.9. The Bertz CT molecular complexity index is 390. The highest BCUT2D eigenvalue weighted by atomic mass is 16.1. The Morgan fingerprint density at radius 1 is 1.50 bits per heavy atom. The lowest BCUT2D eigenvalue weighted by Gasteiger charge is -2.24. The minimum atomic E-state index is -0.106. The first-order valence-corrected chi connectivity index (χ1v) is 6.41. The zero-order valence-electron chi connectivity index (χ0n) is 11.9. The summed E-state index contributed by atoms with van der Waals surface area (Å²) in [6, 6.07) is 3.97. The van der Waals surface area contributed by atoms with E-state index in [0.717, 1.165) is 12.1 Å². The number of aromatic nitrogens is 1. The molecule has 0 aliphatic carbocycles. The maximum Gasteiger partial charge on any atom is 0.224 e. The molecule has 4 nitrogen and oxygen atoms in total. The first kappa shape index (κ1) is 14.8. The molecule has 3 N–H and O–H groups in total. The van der Waals surface area contributed by atoms with E-state index in [-0.39, 0.29) is 17.2 Å². The van der Waals surface area contributed by atoms with Gasteiger partial charge in [0.2, 0.25) is 5.91 Å². The first-order chi connectivity index (χ1) is 8.33. The third kappa shape index (κ3) is 4.53. The number of hydrogen-bond acceptors (Lipinski definition) is 2. The topological polar surface area (TPSA) is 60.0 Å². The number of nitrogens with zero attached hydrogens (tertiary/aromatic N) is 1. The Hall–Kier alpha value is -1.29. The third-order valence-corrected chi connectivity index (χ3v) is 3.01. The van der Waals surface area contributed by atoms with Gasteiger partial charge < -0.3 is 15.6 Å². The molecule has 4 heteroatoms. The normalized spacial score (nSPS) is 13.4. The van der Waals surface area contributed by atoms with Gasteiger partial charge in [-0.15, -0.1) is 0 Å². The van der Waals surface area contributed by atoms with Gasteiger partial charge >= 0.3 is 0 Å². The van der Waals surface area contributed by atoms with Gasteiger partial charge in [-0.05, 0) is 24.0 Å². The number of amides is 1. The van der Waals surface area contributed by atoms with E-state index in [1.165, 1.54) is 0 Å². The van der Waals surface area contributed by atoms with Crippen LogP contribution in [-0.2, 0) is 18.4 Å². The molecular formula is C14H25N3O. The fourth-order valence-electron chi connectivity index (χ4n) is 2.02. The molecule has 1 heterocycles. The number of aryl methyl sites for hydroxylation is 1. The largest absolute Gasteiger partial charge is 0.353 e. The quantitative estimate of drug-likeness (QED) is 0.836. The summed E-state index contributed by atoms with van der Waals surface area (Å²) < 4.78 is 2.00. The van der Waals surface area contributed by atoms with Crippen LogP contribution in [0.2, 0.25) is 0 Å². The van der Waals surface area contributed by atoms with Crippen LogP contribution in [0, 0.1) is 11.3 Å². The zero-order chi connectivity index (χ0) is 13.8. The molecule has 0 aliphatic heterocycles. The van der Waals surface area contributed by atoms with Crippen LogP contribution < -0.4 is 11.1 Å². The SMILES string of the molecule is Cn1cccc1CNC(=O)C(CN)CC(C)(C)C. The van der Waals surface area contributed by atoms with Gasteiger partial charge in [0.15, 0.2) is 0 Å². The molecule has 1 atom stereocenters. The number of carbonyl (C=O) groups is 1. The van der Waals surface area contributed by atoms with Crippen LogP contribution in [0.15, 0.2) is 18.3 Å². The van der Waals surface area contributed by atoms with Gasteiger partial charge in [-0.3, -0.25) is 4.79 Å². The highest BCUT2D eigenvalue weighted by molar-refractivity contribution is 5.78. The number of hydrogen-bond donors (Lipinski definition) is 2. The lowest BCUT2D eigenvalue weighted by atomic mass is 9.84. The van der Waals surface area contributed by atoms with E-state index in [2.05, 4.69) is 26.1 Å². The molecule has 0 fully saturated rings. The molecule has 0 saturated heterocycles. The van der Waals surface area contributed by atoms with Crippen LogP contribution in [0.5, 0.6) is 0 Å². The van der Waals surface area contributed by atoms with Crippen molar-refractivity contribution in [3.05, 3.63) is 24.0 Å². The summed E-state index contributed by atoms with van der Waals surface area (Å²) in [5.74, 6) is -0.0566. The third-order valence-electron chi connectivity index (χ3n) is 3.01. The summed E-state index contributed by atoms with van der Waals surface area (Å²) in [5.41, 5.74) is 6.90. The fourth-order valence-corrected chi connectivity index (χ4v) is 2.02. The molecule has 0 radical (unpaired) electrons. The molecule has 1 unspecified atom stereocenters. The molecular weight excluding hydrogens is 226 g/mol. The minimum absolute atomic E-state index is 0.0497. The van der Waals surface area contributed by atoms with Crippen molar-refractivity contribution in [1.29, 1.82) is 0 Å². The van der Waals surface area contributed by atoms with Gasteiger partial charge in [-0.2, -0.15) is 0 Å². The molecule has 1 amide bonds. The summed E-state index contributed by atoms with van der Waals surface area (Å²) in [7, 11) is 1.97. The molecule has 0 aromatic carbocycles. The molecule has 0 aliphatic rings. The first-order valence-electron chi connectivity index (χ1n) is 6.41. The molecule has 1 aromatic rings. The van der Waals surface area contributed by atoms with Crippen molar-refractivity contribution in [2.75, 3.05) is 6.54 Å². The smallest absolute Gasteiger partial charge is 0.224 e. The number of carbonyl (C=O) groups excluding carboxylic acids is 1. The van der Waals surface area contributed by atoms with E-state index in [0.29, 0.717) is 13.1 Å². The highest BCUT2D eigenvalue weighted by Gasteiger charge is 2.23. The number of nitrogens with two attached hydrogens (primary N) is 1. The van der Waals surface area contributed by atoms with Crippen molar-refractivity contribution in [2.24, 2.45) is 24.1 Å². The van der Waals surface area contributed by atoms with E-state index in [9.17, 15) is 4.79 Å². The predicted molar refractivity (Wildman–Crippen MR) is 73.9 cm³/mol. The van der Waals surface area contributed by atoms with Gasteiger partial charge in [0.1, 0.15) is 0 Å². The monoisotopic (exact) mass is 251 g/mol. The summed E-state index contributed by atoms with van der Waals surface area (Å²) in [6.07, 6.45) is 2.78. The lowest BCUT2D eigenvalue weighted by Crippen LogP contribution is -2.37. The maximum atomic E-state index is 12.1. The summed E-state index contributed by atoms with van der Waals surface area (Å²) in [6.45, 7) is 7.33. The number of nitrogens with one attached hydrogen (secondary N) is 1. The molecule has 18 heavy (non-hydrogen) atoms. The summed E-state index contributed by atoms with van der Waals surface area (Å²) >= 11 is 0. The molecule has 0 bridgehead atoms. The number of rotatable bonds is 5. The molecule has 1 rings (SSSR count). The van der Waals surface area contributed by atoms with E-state index >= 15 is 0 Å².